The molecule has 2 unspecified atom stereocenters. The van der Waals surface area contributed by atoms with Gasteiger partial charge in [0.25, 0.3) is 5.91 Å². The molecule has 3 aliphatic rings. The third-order valence-electron chi connectivity index (χ3n) is 5.82. The number of piperidine rings is 1. The highest BCUT2D eigenvalue weighted by atomic mass is 28.4. The Bertz CT molecular complexity index is 1040. The Morgan fingerprint density at radius 1 is 1.26 bits per heavy atom. The summed E-state index contributed by atoms with van der Waals surface area (Å²) in [6.07, 6.45) is 0.858. The van der Waals surface area contributed by atoms with Gasteiger partial charge in [0.05, 0.1) is 6.54 Å². The highest BCUT2D eigenvalue weighted by molar-refractivity contribution is 6.69. The van der Waals surface area contributed by atoms with Crippen LogP contribution in [0.4, 0.5) is 0 Å². The fourth-order valence-electron chi connectivity index (χ4n) is 4.79. The Hall–Kier alpha value is -2.70. The molecule has 0 bridgehead atoms. The van der Waals surface area contributed by atoms with Crippen molar-refractivity contribution in [2.45, 2.75) is 76.5 Å². The largest absolute Gasteiger partial charge is 0.487 e. The zero-order chi connectivity index (χ0) is 22.8. The quantitative estimate of drug-likeness (QED) is 0.570. The molecule has 1 fully saturated rings. The summed E-state index contributed by atoms with van der Waals surface area (Å²) in [6.45, 7) is 10.1. The zero-order valence-electron chi connectivity index (χ0n) is 18.5. The van der Waals surface area contributed by atoms with Crippen molar-refractivity contribution in [3.05, 3.63) is 28.8 Å². The van der Waals surface area contributed by atoms with E-state index in [4.69, 9.17) is 9.16 Å². The van der Waals surface area contributed by atoms with Crippen LogP contribution in [0.25, 0.3) is 0 Å². The van der Waals surface area contributed by atoms with Crippen LogP contribution >= 0.6 is 0 Å². The summed E-state index contributed by atoms with van der Waals surface area (Å²) >= 11 is 0. The van der Waals surface area contributed by atoms with E-state index in [-0.39, 0.29) is 24.8 Å². The minimum atomic E-state index is -2.10. The summed E-state index contributed by atoms with van der Waals surface area (Å²) in [5, 5.41) is 12.5. The molecular weight excluding hydrogens is 414 g/mol. The second kappa shape index (κ2) is 6.90. The molecule has 3 amide bonds. The number of rotatable bonds is 3. The van der Waals surface area contributed by atoms with Crippen molar-refractivity contribution < 1.29 is 23.5 Å². The summed E-state index contributed by atoms with van der Waals surface area (Å²) in [4.78, 5) is 38.5. The van der Waals surface area contributed by atoms with Gasteiger partial charge in [-0.25, -0.2) is 0 Å². The third kappa shape index (κ3) is 3.64. The van der Waals surface area contributed by atoms with Gasteiger partial charge in [0.1, 0.15) is 23.5 Å². The molecule has 8 nitrogen and oxygen atoms in total. The predicted molar refractivity (Wildman–Crippen MR) is 114 cm³/mol. The molecule has 3 heterocycles. The van der Waals surface area contributed by atoms with E-state index in [2.05, 4.69) is 11.4 Å². The number of amides is 3. The van der Waals surface area contributed by atoms with Crippen molar-refractivity contribution in [1.82, 2.24) is 10.2 Å². The summed E-state index contributed by atoms with van der Waals surface area (Å²) in [5.74, 6) is -0.555. The van der Waals surface area contributed by atoms with E-state index in [1.807, 2.05) is 33.5 Å². The molecule has 1 aromatic rings. The van der Waals surface area contributed by atoms with Crippen LogP contribution in [-0.4, -0.2) is 42.6 Å². The van der Waals surface area contributed by atoms with Crippen LogP contribution in [0.3, 0.4) is 0 Å². The number of carbonyl (C=O) groups is 3. The van der Waals surface area contributed by atoms with Crippen molar-refractivity contribution in [3.8, 4) is 11.8 Å². The van der Waals surface area contributed by atoms with Crippen LogP contribution in [0.5, 0.6) is 5.75 Å². The number of imide groups is 1. The second-order valence-corrected chi connectivity index (χ2v) is 14.5. The van der Waals surface area contributed by atoms with Crippen molar-refractivity contribution in [2.75, 3.05) is 0 Å². The van der Waals surface area contributed by atoms with Crippen molar-refractivity contribution >= 4 is 26.0 Å². The molecule has 2 atom stereocenters. The number of nitrogens with one attached hydrogen (secondary N) is 1. The maximum absolute atomic E-state index is 13.1. The van der Waals surface area contributed by atoms with E-state index < -0.39 is 31.5 Å². The average Bonchev–Trinajstić information content (AvgIpc) is 2.97. The summed E-state index contributed by atoms with van der Waals surface area (Å²) in [5.41, 5.74) is -0.0854. The first-order valence-corrected chi connectivity index (χ1v) is 13.9. The third-order valence-corrected chi connectivity index (χ3v) is 6.78. The summed E-state index contributed by atoms with van der Waals surface area (Å²) < 4.78 is 12.7. The second-order valence-electron chi connectivity index (χ2n) is 10.1. The van der Waals surface area contributed by atoms with Gasteiger partial charge >= 0.3 is 0 Å². The lowest BCUT2D eigenvalue weighted by Gasteiger charge is -2.45. The van der Waals surface area contributed by atoms with E-state index in [9.17, 15) is 19.6 Å². The molecule has 3 aliphatic heterocycles. The minimum absolute atomic E-state index is 0.189. The Labute approximate surface area is 182 Å². The summed E-state index contributed by atoms with van der Waals surface area (Å²) in [7, 11) is -2.10. The maximum Gasteiger partial charge on any atom is 0.255 e. The fourth-order valence-corrected chi connectivity index (χ4v) is 6.06. The van der Waals surface area contributed by atoms with Gasteiger partial charge in [0, 0.05) is 29.5 Å². The van der Waals surface area contributed by atoms with Crippen LogP contribution in [0, 0.1) is 11.3 Å². The van der Waals surface area contributed by atoms with Gasteiger partial charge in [-0.3, -0.25) is 19.7 Å². The first-order valence-electron chi connectivity index (χ1n) is 10.5. The van der Waals surface area contributed by atoms with E-state index >= 15 is 0 Å². The van der Waals surface area contributed by atoms with Gasteiger partial charge in [0.15, 0.2) is 13.9 Å². The monoisotopic (exact) mass is 441 g/mol. The van der Waals surface area contributed by atoms with Crippen LogP contribution in [0.1, 0.15) is 54.6 Å². The van der Waals surface area contributed by atoms with Crippen LogP contribution in [0.2, 0.25) is 19.6 Å². The van der Waals surface area contributed by atoms with Gasteiger partial charge in [0.2, 0.25) is 11.8 Å². The van der Waals surface area contributed by atoms with Crippen molar-refractivity contribution in [2.24, 2.45) is 0 Å². The minimum Gasteiger partial charge on any atom is -0.487 e. The number of benzene rings is 1. The van der Waals surface area contributed by atoms with Crippen LogP contribution < -0.4 is 10.1 Å². The fraction of sp³-hybridized carbons (Fsp3) is 0.545. The molecule has 0 saturated carbocycles. The molecule has 1 N–H and O–H groups in total. The Morgan fingerprint density at radius 2 is 1.97 bits per heavy atom. The molecule has 9 heteroatoms. The number of hydrogen-bond acceptors (Lipinski definition) is 6. The first kappa shape index (κ1) is 21.5. The Kier molecular flexibility index (Phi) is 4.79. The lowest BCUT2D eigenvalue weighted by molar-refractivity contribution is -0.136. The lowest BCUT2D eigenvalue weighted by Crippen LogP contribution is -2.52. The highest BCUT2D eigenvalue weighted by Gasteiger charge is 2.51. The Balaban J connectivity index is 1.79. The topological polar surface area (TPSA) is 109 Å². The van der Waals surface area contributed by atoms with E-state index in [0.29, 0.717) is 35.3 Å². The maximum atomic E-state index is 13.1. The average molecular weight is 442 g/mol. The van der Waals surface area contributed by atoms with E-state index in [0.717, 1.165) is 0 Å². The molecule has 31 heavy (non-hydrogen) atoms. The molecule has 0 aromatic heterocycles. The molecule has 4 rings (SSSR count). The van der Waals surface area contributed by atoms with Gasteiger partial charge < -0.3 is 14.1 Å². The number of nitriles is 1. The van der Waals surface area contributed by atoms with E-state index in [1.165, 1.54) is 4.90 Å². The van der Waals surface area contributed by atoms with Gasteiger partial charge in [-0.2, -0.15) is 5.26 Å². The normalized spacial score (nSPS) is 27.2. The number of hydrogen-bond donors (Lipinski definition) is 1. The molecule has 1 aromatic carbocycles. The SMILES string of the molecule is CC1(C)CC(C#N)(O[Si](C)(C)C)c2ccc3c(c2O1)CN(C1CCC(=O)NC1=O)C3=O. The summed E-state index contributed by atoms with van der Waals surface area (Å²) in [6, 6.07) is 5.15. The van der Waals surface area contributed by atoms with Crippen LogP contribution in [-0.2, 0) is 26.2 Å². The highest BCUT2D eigenvalue weighted by Crippen LogP contribution is 2.50. The molecule has 1 saturated heterocycles. The smallest absolute Gasteiger partial charge is 0.255 e. The Morgan fingerprint density at radius 3 is 2.58 bits per heavy atom. The molecule has 0 aliphatic carbocycles. The molecule has 0 spiro atoms. The predicted octanol–water partition coefficient (Wildman–Crippen LogP) is 2.58. The number of ether oxygens (including phenoxy) is 1. The molecule has 0 radical (unpaired) electrons. The number of fused-ring (bicyclic) bond motifs is 3. The zero-order valence-corrected chi connectivity index (χ0v) is 19.5. The van der Waals surface area contributed by atoms with Gasteiger partial charge in [-0.1, -0.05) is 6.07 Å². The number of nitrogens with zero attached hydrogens (tertiary/aromatic N) is 2. The van der Waals surface area contributed by atoms with E-state index in [1.54, 1.807) is 12.1 Å². The van der Waals surface area contributed by atoms with Crippen molar-refractivity contribution in [3.63, 3.8) is 0 Å². The van der Waals surface area contributed by atoms with Crippen molar-refractivity contribution in [1.29, 1.82) is 5.26 Å². The van der Waals surface area contributed by atoms with Gasteiger partial charge in [-0.05, 0) is 46.0 Å². The molecule has 164 valence electrons. The molecular formula is C22H27N3O5Si. The van der Waals surface area contributed by atoms with Crippen LogP contribution in [0.15, 0.2) is 12.1 Å². The standard InChI is InChI=1S/C22H27N3O5Si/c1-21(2)11-22(12-23,30-31(3,4)5)15-7-6-13-14(18(15)29-21)10-25(20(13)28)16-8-9-17(26)24-19(16)27/h6-7,16H,8-11H2,1-5H3,(H,24,26,27). The first-order chi connectivity index (χ1) is 14.4. The number of carbonyl (C=O) groups excluding carboxylic acids is 3. The van der Waals surface area contributed by atoms with Gasteiger partial charge in [-0.15, -0.1) is 0 Å². The lowest BCUT2D eigenvalue weighted by atomic mass is 9.80.